The second-order valence-electron chi connectivity index (χ2n) is 6.55. The fourth-order valence-corrected chi connectivity index (χ4v) is 3.94. The van der Waals surface area contributed by atoms with Crippen molar-refractivity contribution in [3.05, 3.63) is 95.9 Å². The van der Waals surface area contributed by atoms with E-state index in [-0.39, 0.29) is 5.91 Å². The van der Waals surface area contributed by atoms with Gasteiger partial charge in [-0.15, -0.1) is 11.3 Å². The van der Waals surface area contributed by atoms with Gasteiger partial charge in [0.25, 0.3) is 0 Å². The van der Waals surface area contributed by atoms with Crippen LogP contribution < -0.4 is 4.90 Å². The zero-order valence-electron chi connectivity index (χ0n) is 15.6. The van der Waals surface area contributed by atoms with Crippen molar-refractivity contribution in [1.82, 2.24) is 4.98 Å². The van der Waals surface area contributed by atoms with Gasteiger partial charge in [-0.05, 0) is 16.7 Å². The highest BCUT2D eigenvalue weighted by molar-refractivity contribution is 7.14. The molecular formula is C24H20N2OS. The Kier molecular flexibility index (Phi) is 5.31. The van der Waals surface area contributed by atoms with E-state index in [0.29, 0.717) is 6.54 Å². The average molecular weight is 385 g/mol. The highest BCUT2D eigenvalue weighted by Crippen LogP contribution is 2.30. The Balaban J connectivity index is 1.57. The van der Waals surface area contributed by atoms with Crippen LogP contribution >= 0.6 is 11.3 Å². The van der Waals surface area contributed by atoms with E-state index in [2.05, 4.69) is 36.4 Å². The number of aromatic nitrogens is 1. The fourth-order valence-electron chi connectivity index (χ4n) is 3.06. The van der Waals surface area contributed by atoms with Crippen molar-refractivity contribution < 1.29 is 4.79 Å². The molecule has 0 bridgehead atoms. The summed E-state index contributed by atoms with van der Waals surface area (Å²) >= 11 is 1.49. The molecule has 0 saturated heterocycles. The van der Waals surface area contributed by atoms with Gasteiger partial charge in [0.2, 0.25) is 5.91 Å². The normalized spacial score (nSPS) is 10.6. The Bertz CT molecular complexity index is 1060. The van der Waals surface area contributed by atoms with Gasteiger partial charge in [0.1, 0.15) is 0 Å². The lowest BCUT2D eigenvalue weighted by Crippen LogP contribution is -2.27. The van der Waals surface area contributed by atoms with Crippen molar-refractivity contribution in [3.63, 3.8) is 0 Å². The Morgan fingerprint density at radius 2 is 1.39 bits per heavy atom. The summed E-state index contributed by atoms with van der Waals surface area (Å²) in [5.41, 5.74) is 5.39. The summed E-state index contributed by atoms with van der Waals surface area (Å²) in [5.74, 6) is -0.0100. The monoisotopic (exact) mass is 384 g/mol. The molecular weight excluding hydrogens is 364 g/mol. The first-order valence-electron chi connectivity index (χ1n) is 9.14. The van der Waals surface area contributed by atoms with E-state index in [4.69, 9.17) is 4.98 Å². The average Bonchev–Trinajstić information content (AvgIpc) is 3.23. The highest BCUT2D eigenvalue weighted by Gasteiger charge is 2.16. The molecule has 4 rings (SSSR count). The summed E-state index contributed by atoms with van der Waals surface area (Å²) in [6, 6.07) is 28.7. The van der Waals surface area contributed by atoms with Gasteiger partial charge in [0, 0.05) is 17.9 Å². The molecule has 4 heteroatoms. The van der Waals surface area contributed by atoms with E-state index in [1.54, 1.807) is 11.8 Å². The van der Waals surface area contributed by atoms with Gasteiger partial charge < -0.3 is 0 Å². The van der Waals surface area contributed by atoms with Gasteiger partial charge in [-0.25, -0.2) is 4.98 Å². The molecule has 0 aliphatic heterocycles. The Morgan fingerprint density at radius 3 is 2.04 bits per heavy atom. The molecule has 3 nitrogen and oxygen atoms in total. The van der Waals surface area contributed by atoms with Crippen molar-refractivity contribution in [2.45, 2.75) is 13.5 Å². The second kappa shape index (κ2) is 8.19. The number of carbonyl (C=O) groups excluding carboxylic acids is 1. The van der Waals surface area contributed by atoms with Gasteiger partial charge in [-0.2, -0.15) is 0 Å². The third-order valence-corrected chi connectivity index (χ3v) is 5.44. The summed E-state index contributed by atoms with van der Waals surface area (Å²) < 4.78 is 0. The SMILES string of the molecule is CC(=O)N(Cc1ccccc1)c1nc(-c2ccc(-c3ccccc3)cc2)cs1. The van der Waals surface area contributed by atoms with Gasteiger partial charge in [-0.3, -0.25) is 9.69 Å². The molecule has 0 aliphatic carbocycles. The molecule has 0 N–H and O–H groups in total. The van der Waals surface area contributed by atoms with Crippen molar-refractivity contribution in [2.24, 2.45) is 0 Å². The number of thiazole rings is 1. The van der Waals surface area contributed by atoms with E-state index in [9.17, 15) is 4.79 Å². The van der Waals surface area contributed by atoms with Crippen LogP contribution in [0.3, 0.4) is 0 Å². The molecule has 4 aromatic rings. The summed E-state index contributed by atoms with van der Waals surface area (Å²) in [6.07, 6.45) is 0. The second-order valence-corrected chi connectivity index (χ2v) is 7.39. The van der Waals surface area contributed by atoms with E-state index in [1.165, 1.54) is 22.5 Å². The zero-order chi connectivity index (χ0) is 19.3. The maximum atomic E-state index is 12.2. The zero-order valence-corrected chi connectivity index (χ0v) is 16.4. The molecule has 0 spiro atoms. The molecule has 0 radical (unpaired) electrons. The Hall–Kier alpha value is -3.24. The first-order chi connectivity index (χ1) is 13.7. The predicted molar refractivity (Wildman–Crippen MR) is 116 cm³/mol. The van der Waals surface area contributed by atoms with Crippen LogP contribution in [0.25, 0.3) is 22.4 Å². The van der Waals surface area contributed by atoms with Crippen LogP contribution in [0.4, 0.5) is 5.13 Å². The fraction of sp³-hybridized carbons (Fsp3) is 0.0833. The molecule has 1 amide bonds. The maximum absolute atomic E-state index is 12.2. The molecule has 1 aromatic heterocycles. The first-order valence-corrected chi connectivity index (χ1v) is 10.0. The van der Waals surface area contributed by atoms with Crippen molar-refractivity contribution in [3.8, 4) is 22.4 Å². The molecule has 0 fully saturated rings. The van der Waals surface area contributed by atoms with Crippen LogP contribution in [0.5, 0.6) is 0 Å². The van der Waals surface area contributed by atoms with E-state index >= 15 is 0 Å². The molecule has 0 atom stereocenters. The third-order valence-electron chi connectivity index (χ3n) is 4.57. The number of carbonyl (C=O) groups is 1. The third kappa shape index (κ3) is 4.02. The van der Waals surface area contributed by atoms with E-state index in [1.807, 2.05) is 53.9 Å². The highest BCUT2D eigenvalue weighted by atomic mass is 32.1. The van der Waals surface area contributed by atoms with Crippen molar-refractivity contribution >= 4 is 22.4 Å². The smallest absolute Gasteiger partial charge is 0.225 e. The first kappa shape index (κ1) is 18.1. The summed E-state index contributed by atoms with van der Waals surface area (Å²) in [6.45, 7) is 2.11. The van der Waals surface area contributed by atoms with Crippen LogP contribution in [0.2, 0.25) is 0 Å². The molecule has 0 unspecified atom stereocenters. The number of rotatable bonds is 5. The number of anilines is 1. The summed E-state index contributed by atoms with van der Waals surface area (Å²) in [4.78, 5) is 18.6. The number of amides is 1. The van der Waals surface area contributed by atoms with Crippen LogP contribution in [0, 0.1) is 0 Å². The summed E-state index contributed by atoms with van der Waals surface area (Å²) in [7, 11) is 0. The molecule has 28 heavy (non-hydrogen) atoms. The molecule has 138 valence electrons. The van der Waals surface area contributed by atoms with Gasteiger partial charge >= 0.3 is 0 Å². The summed E-state index contributed by atoms with van der Waals surface area (Å²) in [5, 5.41) is 2.73. The lowest BCUT2D eigenvalue weighted by Gasteiger charge is -2.17. The molecule has 3 aromatic carbocycles. The molecule has 0 saturated carbocycles. The maximum Gasteiger partial charge on any atom is 0.225 e. The molecule has 1 heterocycles. The number of hydrogen-bond acceptors (Lipinski definition) is 3. The number of benzene rings is 3. The van der Waals surface area contributed by atoms with E-state index < -0.39 is 0 Å². The van der Waals surface area contributed by atoms with Crippen LogP contribution in [-0.2, 0) is 11.3 Å². The quantitative estimate of drug-likeness (QED) is 0.421. The topological polar surface area (TPSA) is 33.2 Å². The lowest BCUT2D eigenvalue weighted by atomic mass is 10.0. The lowest BCUT2D eigenvalue weighted by molar-refractivity contribution is -0.116. The molecule has 0 aliphatic rings. The van der Waals surface area contributed by atoms with Crippen LogP contribution in [0.1, 0.15) is 12.5 Å². The van der Waals surface area contributed by atoms with E-state index in [0.717, 1.165) is 22.0 Å². The predicted octanol–water partition coefficient (Wildman–Crippen LogP) is 6.03. The standard InChI is InChI=1S/C24H20N2OS/c1-18(27)26(16-19-8-4-2-5-9-19)24-25-23(17-28-24)22-14-12-21(13-15-22)20-10-6-3-7-11-20/h2-15,17H,16H2,1H3. The van der Waals surface area contributed by atoms with Gasteiger partial charge in [0.15, 0.2) is 5.13 Å². The van der Waals surface area contributed by atoms with Gasteiger partial charge in [-0.1, -0.05) is 84.9 Å². The van der Waals surface area contributed by atoms with Gasteiger partial charge in [0.05, 0.1) is 12.2 Å². The Labute approximate surface area is 168 Å². The van der Waals surface area contributed by atoms with Crippen LogP contribution in [-0.4, -0.2) is 10.9 Å². The Morgan fingerprint density at radius 1 is 0.821 bits per heavy atom. The largest absolute Gasteiger partial charge is 0.284 e. The minimum absolute atomic E-state index is 0.0100. The minimum atomic E-state index is -0.0100. The van der Waals surface area contributed by atoms with Crippen LogP contribution in [0.15, 0.2) is 90.3 Å². The minimum Gasteiger partial charge on any atom is -0.284 e. The van der Waals surface area contributed by atoms with Crippen molar-refractivity contribution in [1.29, 1.82) is 0 Å². The number of nitrogens with zero attached hydrogens (tertiary/aromatic N) is 2. The van der Waals surface area contributed by atoms with Crippen molar-refractivity contribution in [2.75, 3.05) is 4.90 Å². The number of hydrogen-bond donors (Lipinski definition) is 0.